The Balaban J connectivity index is 5.71. The lowest BCUT2D eigenvalue weighted by molar-refractivity contribution is -0.215. The molecule has 130 valence electrons. The third kappa shape index (κ3) is 4.51. The van der Waals surface area contributed by atoms with Gasteiger partial charge in [0.1, 0.15) is 8.07 Å². The number of hydrogen-bond donors (Lipinski definition) is 1. The van der Waals surface area contributed by atoms with Crippen molar-refractivity contribution in [3.8, 4) is 11.5 Å². The van der Waals surface area contributed by atoms with Crippen LogP contribution in [0.25, 0.3) is 0 Å². The molecule has 0 rings (SSSR count). The van der Waals surface area contributed by atoms with Crippen LogP contribution in [0.5, 0.6) is 0 Å². The molecule has 0 aromatic rings. The first-order valence-corrected chi connectivity index (χ1v) is 9.86. The van der Waals surface area contributed by atoms with Crippen LogP contribution in [0.1, 0.15) is 41.5 Å². The van der Waals surface area contributed by atoms with E-state index in [1.165, 1.54) is 14.2 Å². The van der Waals surface area contributed by atoms with Crippen LogP contribution in [-0.2, 0) is 9.47 Å². The Morgan fingerprint density at radius 3 is 1.55 bits per heavy atom. The second-order valence-electron chi connectivity index (χ2n) is 6.55. The van der Waals surface area contributed by atoms with E-state index in [2.05, 4.69) is 11.5 Å². The quantitative estimate of drug-likeness (QED) is 0.436. The highest BCUT2D eigenvalue weighted by atomic mass is 28.3. The zero-order valence-corrected chi connectivity index (χ0v) is 15.9. The van der Waals surface area contributed by atoms with E-state index in [9.17, 15) is 13.9 Å². The van der Waals surface area contributed by atoms with E-state index in [1.807, 2.05) is 41.5 Å². The van der Waals surface area contributed by atoms with Gasteiger partial charge in [0.15, 0.2) is 12.4 Å². The van der Waals surface area contributed by atoms with Crippen molar-refractivity contribution in [1.82, 2.24) is 0 Å². The number of halogens is 2. The normalized spacial score (nSPS) is 14.7. The first kappa shape index (κ1) is 21.5. The highest BCUT2D eigenvalue weighted by Gasteiger charge is 2.46. The third-order valence-electron chi connectivity index (χ3n) is 4.41. The number of aliphatic hydroxyl groups excluding tert-OH is 1. The van der Waals surface area contributed by atoms with Crippen LogP contribution in [0.3, 0.4) is 0 Å². The largest absolute Gasteiger partial charge is 0.381 e. The van der Waals surface area contributed by atoms with Crippen molar-refractivity contribution in [1.29, 1.82) is 0 Å². The predicted octanol–water partition coefficient (Wildman–Crippen LogP) is 3.82. The molecule has 0 aliphatic carbocycles. The van der Waals surface area contributed by atoms with Crippen molar-refractivity contribution < 1.29 is 23.4 Å². The van der Waals surface area contributed by atoms with Crippen molar-refractivity contribution in [3.05, 3.63) is 0 Å². The summed E-state index contributed by atoms with van der Waals surface area (Å²) >= 11 is 0. The molecule has 0 amide bonds. The number of methoxy groups -OCH3 is 2. The summed E-state index contributed by atoms with van der Waals surface area (Å²) in [5, 5.41) is 9.76. The summed E-state index contributed by atoms with van der Waals surface area (Å²) in [5.41, 5.74) is 3.66. The molecule has 1 unspecified atom stereocenters. The molecule has 0 radical (unpaired) electrons. The van der Waals surface area contributed by atoms with E-state index in [1.54, 1.807) is 0 Å². The first-order valence-electron chi connectivity index (χ1n) is 7.63. The van der Waals surface area contributed by atoms with Crippen molar-refractivity contribution >= 4 is 8.07 Å². The van der Waals surface area contributed by atoms with Gasteiger partial charge in [-0.15, -0.1) is 5.54 Å². The molecule has 22 heavy (non-hydrogen) atoms. The van der Waals surface area contributed by atoms with Crippen LogP contribution in [0.15, 0.2) is 0 Å². The Bertz CT molecular complexity index is 374. The molecule has 0 aromatic carbocycles. The highest BCUT2D eigenvalue weighted by molar-refractivity contribution is 6.90. The molecule has 6 heteroatoms. The maximum absolute atomic E-state index is 14.2. The van der Waals surface area contributed by atoms with Crippen LogP contribution in [0.4, 0.5) is 8.78 Å². The molecule has 0 saturated carbocycles. The fraction of sp³-hybridized carbons (Fsp3) is 0.875. The third-order valence-corrected chi connectivity index (χ3v) is 10.7. The number of rotatable bonds is 7. The van der Waals surface area contributed by atoms with Gasteiger partial charge >= 0.3 is 5.92 Å². The van der Waals surface area contributed by atoms with Gasteiger partial charge in [-0.25, -0.2) is 0 Å². The summed E-state index contributed by atoms with van der Waals surface area (Å²) < 4.78 is 37.8. The minimum absolute atomic E-state index is 0.244. The van der Waals surface area contributed by atoms with E-state index in [4.69, 9.17) is 9.47 Å². The van der Waals surface area contributed by atoms with E-state index < -0.39 is 26.4 Å². The molecule has 0 aliphatic rings. The van der Waals surface area contributed by atoms with Crippen LogP contribution >= 0.6 is 0 Å². The summed E-state index contributed by atoms with van der Waals surface area (Å²) in [4.78, 5) is 0. The van der Waals surface area contributed by atoms with Gasteiger partial charge in [-0.3, -0.25) is 0 Å². The molecule has 1 atom stereocenters. The maximum atomic E-state index is 14.2. The Morgan fingerprint density at radius 1 is 0.909 bits per heavy atom. The number of ether oxygens (including phenoxy) is 2. The monoisotopic (exact) mass is 336 g/mol. The maximum Gasteiger partial charge on any atom is 0.337 e. The molecule has 0 aromatic heterocycles. The summed E-state index contributed by atoms with van der Waals surface area (Å²) in [7, 11) is 0.137. The molecule has 3 nitrogen and oxygen atoms in total. The summed E-state index contributed by atoms with van der Waals surface area (Å²) in [6.07, 6.45) is -3.52. The van der Waals surface area contributed by atoms with Gasteiger partial charge in [0.05, 0.1) is 0 Å². The number of alkyl halides is 2. The zero-order valence-electron chi connectivity index (χ0n) is 14.9. The van der Waals surface area contributed by atoms with Gasteiger partial charge in [-0.2, -0.15) is 8.78 Å². The SMILES string of the molecule is COC(OC)C(O)C(F)(F)C#C[Si](C(C)C)(C(C)C)C(C)C. The van der Waals surface area contributed by atoms with Gasteiger partial charge < -0.3 is 14.6 Å². The fourth-order valence-corrected chi connectivity index (χ4v) is 8.47. The second-order valence-corrected chi connectivity index (χ2v) is 12.1. The van der Waals surface area contributed by atoms with Crippen molar-refractivity contribution in [2.45, 2.75) is 76.5 Å². The van der Waals surface area contributed by atoms with E-state index >= 15 is 0 Å². The molecular weight excluding hydrogens is 306 g/mol. The predicted molar refractivity (Wildman–Crippen MR) is 87.6 cm³/mol. The van der Waals surface area contributed by atoms with E-state index in [0.717, 1.165) is 0 Å². The molecule has 0 spiro atoms. The highest BCUT2D eigenvalue weighted by Crippen LogP contribution is 2.41. The molecule has 0 saturated heterocycles. The molecule has 0 fully saturated rings. The van der Waals surface area contributed by atoms with E-state index in [0.29, 0.717) is 0 Å². The van der Waals surface area contributed by atoms with Gasteiger partial charge in [0, 0.05) is 14.2 Å². The molecule has 1 N–H and O–H groups in total. The van der Waals surface area contributed by atoms with Crippen molar-refractivity contribution in [2.24, 2.45) is 0 Å². The summed E-state index contributed by atoms with van der Waals surface area (Å²) in [6.45, 7) is 12.3. The molecule has 0 heterocycles. The molecule has 0 aliphatic heterocycles. The minimum atomic E-state index is -3.58. The van der Waals surface area contributed by atoms with Gasteiger partial charge in [0.2, 0.25) is 0 Å². The smallest absolute Gasteiger partial charge is 0.337 e. The molecule has 0 bridgehead atoms. The average Bonchev–Trinajstić information content (AvgIpc) is 2.39. The Hall–Kier alpha value is -0.483. The second kappa shape index (κ2) is 8.39. The van der Waals surface area contributed by atoms with Crippen molar-refractivity contribution in [2.75, 3.05) is 14.2 Å². The van der Waals surface area contributed by atoms with Crippen LogP contribution in [0.2, 0.25) is 16.6 Å². The fourth-order valence-electron chi connectivity index (χ4n) is 3.22. The summed E-state index contributed by atoms with van der Waals surface area (Å²) in [6, 6.07) is 0. The zero-order chi connectivity index (χ0) is 17.7. The standard InChI is InChI=1S/C16H30F2O3Si/c1-11(2)22(12(3)4,13(5)6)10-9-16(17,18)14(19)15(20-7)21-8/h11-15,19H,1-8H3. The molecular formula is C16H30F2O3Si. The lowest BCUT2D eigenvalue weighted by atomic mass is 10.2. The lowest BCUT2D eigenvalue weighted by Gasteiger charge is -2.38. The average molecular weight is 336 g/mol. The van der Waals surface area contributed by atoms with E-state index in [-0.39, 0.29) is 16.6 Å². The lowest BCUT2D eigenvalue weighted by Crippen LogP contribution is -2.46. The Morgan fingerprint density at radius 2 is 1.27 bits per heavy atom. The van der Waals surface area contributed by atoms with Crippen molar-refractivity contribution in [3.63, 3.8) is 0 Å². The van der Waals surface area contributed by atoms with Crippen LogP contribution in [-0.4, -0.2) is 45.7 Å². The van der Waals surface area contributed by atoms with Gasteiger partial charge in [0.25, 0.3) is 0 Å². The van der Waals surface area contributed by atoms with Crippen LogP contribution < -0.4 is 0 Å². The number of hydrogen-bond acceptors (Lipinski definition) is 3. The summed E-state index contributed by atoms with van der Waals surface area (Å²) in [5.74, 6) is -1.51. The topological polar surface area (TPSA) is 38.7 Å². The minimum Gasteiger partial charge on any atom is -0.381 e. The van der Waals surface area contributed by atoms with Gasteiger partial charge in [-0.05, 0) is 22.5 Å². The van der Waals surface area contributed by atoms with Crippen LogP contribution in [0, 0.1) is 11.5 Å². The van der Waals surface area contributed by atoms with Gasteiger partial charge in [-0.1, -0.05) is 41.5 Å². The first-order chi connectivity index (χ1) is 9.97. The Labute approximate surface area is 134 Å². The number of aliphatic hydroxyl groups is 1. The Kier molecular flexibility index (Phi) is 8.21.